The van der Waals surface area contributed by atoms with Crippen LogP contribution in [0.5, 0.6) is 0 Å². The van der Waals surface area contributed by atoms with Gasteiger partial charge in [-0.3, -0.25) is 0 Å². The highest BCUT2D eigenvalue weighted by Gasteiger charge is 2.07. The predicted molar refractivity (Wildman–Crippen MR) is 66.9 cm³/mol. The molecule has 0 aliphatic rings. The number of nitrogens with two attached hydrogens (primary N) is 1. The van der Waals surface area contributed by atoms with Crippen LogP contribution in [-0.2, 0) is 0 Å². The molecule has 0 unspecified atom stereocenters. The van der Waals surface area contributed by atoms with Gasteiger partial charge in [-0.1, -0.05) is 6.92 Å². The molecule has 2 aromatic rings. The second kappa shape index (κ2) is 4.57. The maximum atomic E-state index is 5.90. The molecule has 0 bridgehead atoms. The number of pyridine rings is 1. The van der Waals surface area contributed by atoms with Crippen molar-refractivity contribution in [2.75, 3.05) is 11.5 Å². The van der Waals surface area contributed by atoms with Gasteiger partial charge in [0.15, 0.2) is 5.82 Å². The molecule has 0 atom stereocenters. The second-order valence-electron chi connectivity index (χ2n) is 3.44. The summed E-state index contributed by atoms with van der Waals surface area (Å²) >= 11 is 1.67. The number of hydrogen-bond acceptors (Lipinski definition) is 4. The molecule has 2 rings (SSSR count). The third kappa shape index (κ3) is 2.19. The highest BCUT2D eigenvalue weighted by atomic mass is 32.2. The van der Waals surface area contributed by atoms with Crippen LogP contribution in [0.1, 0.15) is 12.5 Å². The summed E-state index contributed by atoms with van der Waals surface area (Å²) in [4.78, 5) is 4.26. The van der Waals surface area contributed by atoms with Crippen LogP contribution < -0.4 is 5.73 Å². The number of aromatic nitrogens is 3. The van der Waals surface area contributed by atoms with Crippen LogP contribution in [0.3, 0.4) is 0 Å². The first-order valence-corrected chi connectivity index (χ1v) is 6.10. The van der Waals surface area contributed by atoms with Gasteiger partial charge in [-0.05, 0) is 30.4 Å². The van der Waals surface area contributed by atoms with Gasteiger partial charge in [0, 0.05) is 12.3 Å². The smallest absolute Gasteiger partial charge is 0.155 e. The van der Waals surface area contributed by atoms with Crippen molar-refractivity contribution in [1.82, 2.24) is 14.8 Å². The van der Waals surface area contributed by atoms with Crippen molar-refractivity contribution in [2.24, 2.45) is 0 Å². The minimum absolute atomic E-state index is 0.619. The molecular formula is C11H14N4S. The summed E-state index contributed by atoms with van der Waals surface area (Å²) in [6.45, 7) is 4.11. The lowest BCUT2D eigenvalue weighted by molar-refractivity contribution is 0.817. The van der Waals surface area contributed by atoms with Gasteiger partial charge in [0.25, 0.3) is 0 Å². The molecule has 0 radical (unpaired) electrons. The zero-order valence-corrected chi connectivity index (χ0v) is 10.2. The lowest BCUT2D eigenvalue weighted by Gasteiger charge is -2.02. The van der Waals surface area contributed by atoms with Crippen molar-refractivity contribution in [3.63, 3.8) is 0 Å². The van der Waals surface area contributed by atoms with Crippen molar-refractivity contribution >= 4 is 17.6 Å². The first-order chi connectivity index (χ1) is 7.70. The molecule has 0 amide bonds. The lowest BCUT2D eigenvalue weighted by atomic mass is 10.3. The fourth-order valence-corrected chi connectivity index (χ4v) is 2.05. The fraction of sp³-hybridized carbons (Fsp3) is 0.273. The van der Waals surface area contributed by atoms with Crippen molar-refractivity contribution in [2.45, 2.75) is 18.9 Å². The fourth-order valence-electron chi connectivity index (χ4n) is 1.41. The Hall–Kier alpha value is -1.49. The van der Waals surface area contributed by atoms with Gasteiger partial charge >= 0.3 is 0 Å². The standard InChI is InChI=1S/C11H14N4S/c1-3-16-11-7-9(12)15(14-11)10-6-8(2)4-5-13-10/h4-7H,3,12H2,1-2H3. The minimum atomic E-state index is 0.619. The average molecular weight is 234 g/mol. The van der Waals surface area contributed by atoms with Crippen molar-refractivity contribution in [3.8, 4) is 5.82 Å². The molecular weight excluding hydrogens is 220 g/mol. The van der Waals surface area contributed by atoms with Gasteiger partial charge in [-0.15, -0.1) is 11.8 Å². The van der Waals surface area contributed by atoms with Crippen LogP contribution in [-0.4, -0.2) is 20.5 Å². The van der Waals surface area contributed by atoms with E-state index in [0.29, 0.717) is 5.82 Å². The van der Waals surface area contributed by atoms with E-state index in [9.17, 15) is 0 Å². The van der Waals surface area contributed by atoms with Crippen LogP contribution in [0.25, 0.3) is 5.82 Å². The molecule has 4 nitrogen and oxygen atoms in total. The zero-order chi connectivity index (χ0) is 11.5. The maximum Gasteiger partial charge on any atom is 0.155 e. The van der Waals surface area contributed by atoms with Crippen LogP contribution in [0.2, 0.25) is 0 Å². The quantitative estimate of drug-likeness (QED) is 0.828. The van der Waals surface area contributed by atoms with E-state index in [2.05, 4.69) is 17.0 Å². The minimum Gasteiger partial charge on any atom is -0.383 e. The molecule has 2 aromatic heterocycles. The number of nitrogens with zero attached hydrogens (tertiary/aromatic N) is 3. The van der Waals surface area contributed by atoms with Crippen LogP contribution in [0.4, 0.5) is 5.82 Å². The number of aryl methyl sites for hydroxylation is 1. The highest BCUT2D eigenvalue weighted by Crippen LogP contribution is 2.21. The normalized spacial score (nSPS) is 10.6. The lowest BCUT2D eigenvalue weighted by Crippen LogP contribution is -2.03. The number of rotatable bonds is 3. The summed E-state index contributed by atoms with van der Waals surface area (Å²) in [7, 11) is 0. The summed E-state index contributed by atoms with van der Waals surface area (Å²) in [6, 6.07) is 5.78. The molecule has 0 aliphatic heterocycles. The van der Waals surface area contributed by atoms with E-state index >= 15 is 0 Å². The van der Waals surface area contributed by atoms with E-state index in [0.717, 1.165) is 22.2 Å². The SMILES string of the molecule is CCSc1cc(N)n(-c2cc(C)ccn2)n1. The molecule has 2 N–H and O–H groups in total. The summed E-state index contributed by atoms with van der Waals surface area (Å²) < 4.78 is 1.67. The van der Waals surface area contributed by atoms with Crippen LogP contribution >= 0.6 is 11.8 Å². The zero-order valence-electron chi connectivity index (χ0n) is 9.34. The van der Waals surface area contributed by atoms with E-state index in [1.165, 1.54) is 0 Å². The van der Waals surface area contributed by atoms with Crippen molar-refractivity contribution < 1.29 is 0 Å². The Labute approximate surface area is 98.9 Å². The van der Waals surface area contributed by atoms with Crippen molar-refractivity contribution in [3.05, 3.63) is 30.0 Å². The monoisotopic (exact) mass is 234 g/mol. The molecule has 5 heteroatoms. The Bertz CT molecular complexity index is 492. The summed E-state index contributed by atoms with van der Waals surface area (Å²) in [5.41, 5.74) is 7.04. The molecule has 0 saturated carbocycles. The Morgan fingerprint density at radius 3 is 2.94 bits per heavy atom. The molecule has 16 heavy (non-hydrogen) atoms. The summed E-state index contributed by atoms with van der Waals surface area (Å²) in [5, 5.41) is 5.34. The van der Waals surface area contributed by atoms with Crippen LogP contribution in [0.15, 0.2) is 29.4 Å². The number of anilines is 1. The molecule has 0 aromatic carbocycles. The van der Waals surface area contributed by atoms with Gasteiger partial charge in [0.05, 0.1) is 0 Å². The molecule has 0 saturated heterocycles. The highest BCUT2D eigenvalue weighted by molar-refractivity contribution is 7.99. The van der Waals surface area contributed by atoms with Crippen LogP contribution in [0, 0.1) is 6.92 Å². The first-order valence-electron chi connectivity index (χ1n) is 5.12. The Morgan fingerprint density at radius 1 is 1.44 bits per heavy atom. The Kier molecular flexibility index (Phi) is 3.14. The Balaban J connectivity index is 2.40. The summed E-state index contributed by atoms with van der Waals surface area (Å²) in [5.74, 6) is 2.37. The number of nitrogen functional groups attached to an aromatic ring is 1. The van der Waals surface area contributed by atoms with E-state index in [1.54, 1.807) is 22.6 Å². The average Bonchev–Trinajstić information content (AvgIpc) is 2.60. The molecule has 2 heterocycles. The third-order valence-corrected chi connectivity index (χ3v) is 2.91. The Morgan fingerprint density at radius 2 is 2.25 bits per heavy atom. The molecule has 0 aliphatic carbocycles. The van der Waals surface area contributed by atoms with E-state index in [1.807, 2.05) is 25.1 Å². The molecule has 0 spiro atoms. The van der Waals surface area contributed by atoms with Gasteiger partial charge < -0.3 is 5.73 Å². The topological polar surface area (TPSA) is 56.7 Å². The molecule has 0 fully saturated rings. The number of thioether (sulfide) groups is 1. The molecule has 84 valence electrons. The van der Waals surface area contributed by atoms with Gasteiger partial charge in [0.2, 0.25) is 0 Å². The van der Waals surface area contributed by atoms with E-state index in [-0.39, 0.29) is 0 Å². The maximum absolute atomic E-state index is 5.90. The van der Waals surface area contributed by atoms with Gasteiger partial charge in [-0.25, -0.2) is 4.98 Å². The third-order valence-electron chi connectivity index (χ3n) is 2.12. The van der Waals surface area contributed by atoms with E-state index < -0.39 is 0 Å². The predicted octanol–water partition coefficient (Wildman–Crippen LogP) is 2.27. The second-order valence-corrected chi connectivity index (χ2v) is 4.73. The largest absolute Gasteiger partial charge is 0.383 e. The first kappa shape index (κ1) is 11.0. The van der Waals surface area contributed by atoms with Gasteiger partial charge in [-0.2, -0.15) is 9.78 Å². The van der Waals surface area contributed by atoms with Gasteiger partial charge in [0.1, 0.15) is 10.8 Å². The van der Waals surface area contributed by atoms with E-state index in [4.69, 9.17) is 5.73 Å². The van der Waals surface area contributed by atoms with Crippen molar-refractivity contribution in [1.29, 1.82) is 0 Å². The summed E-state index contributed by atoms with van der Waals surface area (Å²) in [6.07, 6.45) is 1.76. The number of hydrogen-bond donors (Lipinski definition) is 1.